The molecule has 0 saturated carbocycles. The van der Waals surface area contributed by atoms with Gasteiger partial charge in [0.25, 0.3) is 0 Å². The Bertz CT molecular complexity index is 203. The van der Waals surface area contributed by atoms with Gasteiger partial charge in [-0.15, -0.1) is 0 Å². The number of rotatable bonds is 3. The molecule has 0 N–H and O–H groups in total. The molecule has 0 unspecified atom stereocenters. The summed E-state index contributed by atoms with van der Waals surface area (Å²) in [7, 11) is 2.14. The minimum absolute atomic E-state index is 0.168. The Labute approximate surface area is 87.1 Å². The van der Waals surface area contributed by atoms with Crippen LogP contribution in [-0.2, 0) is 4.79 Å². The van der Waals surface area contributed by atoms with Crippen molar-refractivity contribution < 1.29 is 4.79 Å². The number of nitrogens with zero attached hydrogens (tertiary/aromatic N) is 2. The van der Waals surface area contributed by atoms with Crippen molar-refractivity contribution in [2.75, 3.05) is 33.2 Å². The molecule has 0 spiro atoms. The second-order valence-corrected chi connectivity index (χ2v) is 4.70. The van der Waals surface area contributed by atoms with E-state index in [0.29, 0.717) is 18.4 Å². The predicted octanol–water partition coefficient (Wildman–Crippen LogP) is 0.847. The van der Waals surface area contributed by atoms with E-state index < -0.39 is 0 Å². The molecule has 82 valence electrons. The standard InChI is InChI=1S/C11H22N2O/c1-9(2)11(14)8-13-6-5-12(4)7-10(13)3/h9-10H,5-8H2,1-4H3/t10-/m1/s1. The highest BCUT2D eigenvalue weighted by molar-refractivity contribution is 5.82. The molecule has 0 aromatic heterocycles. The molecule has 0 aromatic carbocycles. The SMILES string of the molecule is CC(C)C(=O)CN1CCN(C)C[C@H]1C. The minimum Gasteiger partial charge on any atom is -0.304 e. The highest BCUT2D eigenvalue weighted by Gasteiger charge is 2.23. The van der Waals surface area contributed by atoms with E-state index in [4.69, 9.17) is 0 Å². The summed E-state index contributed by atoms with van der Waals surface area (Å²) in [5.41, 5.74) is 0. The summed E-state index contributed by atoms with van der Waals surface area (Å²) in [5, 5.41) is 0. The Morgan fingerprint density at radius 1 is 1.43 bits per heavy atom. The lowest BCUT2D eigenvalue weighted by molar-refractivity contribution is -0.124. The lowest BCUT2D eigenvalue weighted by atomic mass is 10.1. The monoisotopic (exact) mass is 198 g/mol. The third kappa shape index (κ3) is 3.07. The molecular formula is C11H22N2O. The van der Waals surface area contributed by atoms with Crippen molar-refractivity contribution in [3.8, 4) is 0 Å². The van der Waals surface area contributed by atoms with Crippen LogP contribution in [0.1, 0.15) is 20.8 Å². The summed E-state index contributed by atoms with van der Waals surface area (Å²) in [5.74, 6) is 0.531. The minimum atomic E-state index is 0.168. The maximum atomic E-state index is 11.6. The van der Waals surface area contributed by atoms with Crippen LogP contribution in [0.4, 0.5) is 0 Å². The largest absolute Gasteiger partial charge is 0.304 e. The third-order valence-electron chi connectivity index (χ3n) is 2.97. The van der Waals surface area contributed by atoms with E-state index in [2.05, 4.69) is 23.8 Å². The van der Waals surface area contributed by atoms with Crippen LogP contribution in [0, 0.1) is 5.92 Å². The highest BCUT2D eigenvalue weighted by Crippen LogP contribution is 2.08. The van der Waals surface area contributed by atoms with Crippen molar-refractivity contribution in [2.45, 2.75) is 26.8 Å². The fourth-order valence-electron chi connectivity index (χ4n) is 1.79. The molecule has 1 rings (SSSR count). The summed E-state index contributed by atoms with van der Waals surface area (Å²) in [6, 6.07) is 0.511. The van der Waals surface area contributed by atoms with E-state index >= 15 is 0 Å². The van der Waals surface area contributed by atoms with Gasteiger partial charge in [0.15, 0.2) is 0 Å². The summed E-state index contributed by atoms with van der Waals surface area (Å²) >= 11 is 0. The molecule has 14 heavy (non-hydrogen) atoms. The summed E-state index contributed by atoms with van der Waals surface area (Å²) in [6.45, 7) is 9.96. The molecule has 1 atom stereocenters. The number of Topliss-reactive ketones (excluding diaryl/α,β-unsaturated/α-hetero) is 1. The lowest BCUT2D eigenvalue weighted by Crippen LogP contribution is -2.52. The normalized spacial score (nSPS) is 25.6. The molecule has 0 radical (unpaired) electrons. The fourth-order valence-corrected chi connectivity index (χ4v) is 1.79. The maximum Gasteiger partial charge on any atom is 0.149 e. The van der Waals surface area contributed by atoms with E-state index in [9.17, 15) is 4.79 Å². The first-order valence-corrected chi connectivity index (χ1v) is 5.46. The molecule has 0 bridgehead atoms. The van der Waals surface area contributed by atoms with Crippen molar-refractivity contribution >= 4 is 5.78 Å². The van der Waals surface area contributed by atoms with Gasteiger partial charge >= 0.3 is 0 Å². The zero-order valence-electron chi connectivity index (χ0n) is 9.79. The highest BCUT2D eigenvalue weighted by atomic mass is 16.1. The number of ketones is 1. The molecule has 0 aliphatic carbocycles. The zero-order chi connectivity index (χ0) is 10.7. The second-order valence-electron chi connectivity index (χ2n) is 4.70. The molecule has 0 aromatic rings. The molecule has 1 fully saturated rings. The van der Waals surface area contributed by atoms with Gasteiger partial charge in [-0.2, -0.15) is 0 Å². The van der Waals surface area contributed by atoms with Crippen LogP contribution in [-0.4, -0.2) is 54.9 Å². The van der Waals surface area contributed by atoms with E-state index in [1.165, 1.54) is 0 Å². The van der Waals surface area contributed by atoms with Crippen molar-refractivity contribution in [1.29, 1.82) is 0 Å². The van der Waals surface area contributed by atoms with Crippen LogP contribution in [0.15, 0.2) is 0 Å². The predicted molar refractivity (Wildman–Crippen MR) is 58.4 cm³/mol. The van der Waals surface area contributed by atoms with Crippen LogP contribution in [0.25, 0.3) is 0 Å². The van der Waals surface area contributed by atoms with Crippen molar-refractivity contribution in [1.82, 2.24) is 9.80 Å². The van der Waals surface area contributed by atoms with Gasteiger partial charge < -0.3 is 4.90 Å². The third-order valence-corrected chi connectivity index (χ3v) is 2.97. The number of carbonyl (C=O) groups is 1. The Morgan fingerprint density at radius 3 is 2.57 bits per heavy atom. The number of piperazine rings is 1. The van der Waals surface area contributed by atoms with Gasteiger partial charge in [-0.25, -0.2) is 0 Å². The molecular weight excluding hydrogens is 176 g/mol. The Hall–Kier alpha value is -0.410. The summed E-state index contributed by atoms with van der Waals surface area (Å²) < 4.78 is 0. The average Bonchev–Trinajstić information content (AvgIpc) is 2.09. The van der Waals surface area contributed by atoms with Crippen molar-refractivity contribution in [3.05, 3.63) is 0 Å². The number of carbonyl (C=O) groups excluding carboxylic acids is 1. The van der Waals surface area contributed by atoms with E-state index in [0.717, 1.165) is 19.6 Å². The molecule has 1 aliphatic rings. The summed E-state index contributed by atoms with van der Waals surface area (Å²) in [6.07, 6.45) is 0. The van der Waals surface area contributed by atoms with Crippen LogP contribution in [0.2, 0.25) is 0 Å². The fraction of sp³-hybridized carbons (Fsp3) is 0.909. The van der Waals surface area contributed by atoms with Gasteiger partial charge in [0.05, 0.1) is 6.54 Å². The van der Waals surface area contributed by atoms with Gasteiger partial charge in [0.2, 0.25) is 0 Å². The Morgan fingerprint density at radius 2 is 2.07 bits per heavy atom. The first-order chi connectivity index (χ1) is 6.50. The first-order valence-electron chi connectivity index (χ1n) is 5.46. The number of hydrogen-bond donors (Lipinski definition) is 0. The van der Waals surface area contributed by atoms with Crippen molar-refractivity contribution in [3.63, 3.8) is 0 Å². The quantitative estimate of drug-likeness (QED) is 0.671. The first kappa shape index (κ1) is 11.7. The van der Waals surface area contributed by atoms with Gasteiger partial charge in [-0.1, -0.05) is 13.8 Å². The number of likely N-dealkylation sites (N-methyl/N-ethyl adjacent to an activating group) is 1. The van der Waals surface area contributed by atoms with Gasteiger partial charge in [-0.3, -0.25) is 9.69 Å². The van der Waals surface area contributed by atoms with Crippen LogP contribution >= 0.6 is 0 Å². The van der Waals surface area contributed by atoms with E-state index in [-0.39, 0.29) is 5.92 Å². The molecule has 1 heterocycles. The second kappa shape index (κ2) is 4.89. The van der Waals surface area contributed by atoms with E-state index in [1.807, 2.05) is 13.8 Å². The van der Waals surface area contributed by atoms with Gasteiger partial charge in [-0.05, 0) is 14.0 Å². The van der Waals surface area contributed by atoms with Gasteiger partial charge in [0, 0.05) is 31.6 Å². The maximum absolute atomic E-state index is 11.6. The smallest absolute Gasteiger partial charge is 0.149 e. The molecule has 1 saturated heterocycles. The Kier molecular flexibility index (Phi) is 4.08. The average molecular weight is 198 g/mol. The van der Waals surface area contributed by atoms with Crippen LogP contribution in [0.3, 0.4) is 0 Å². The Balaban J connectivity index is 2.41. The number of hydrogen-bond acceptors (Lipinski definition) is 3. The topological polar surface area (TPSA) is 23.6 Å². The van der Waals surface area contributed by atoms with E-state index in [1.54, 1.807) is 0 Å². The molecule has 3 heteroatoms. The lowest BCUT2D eigenvalue weighted by Gasteiger charge is -2.38. The zero-order valence-corrected chi connectivity index (χ0v) is 9.79. The van der Waals surface area contributed by atoms with Crippen LogP contribution in [0.5, 0.6) is 0 Å². The summed E-state index contributed by atoms with van der Waals surface area (Å²) in [4.78, 5) is 16.2. The van der Waals surface area contributed by atoms with Gasteiger partial charge in [0.1, 0.15) is 5.78 Å². The van der Waals surface area contributed by atoms with Crippen LogP contribution < -0.4 is 0 Å². The molecule has 0 amide bonds. The molecule has 3 nitrogen and oxygen atoms in total. The van der Waals surface area contributed by atoms with Crippen molar-refractivity contribution in [2.24, 2.45) is 5.92 Å². The molecule has 1 aliphatic heterocycles.